The molecule has 3 amide bonds. The molecule has 3 N–H and O–H groups in total. The first-order chi connectivity index (χ1) is 16.4. The molecule has 8 heteroatoms. The largest absolute Gasteiger partial charge is 0.507 e. The van der Waals surface area contributed by atoms with Gasteiger partial charge in [0.15, 0.2) is 0 Å². The van der Waals surface area contributed by atoms with Gasteiger partial charge < -0.3 is 25.4 Å². The van der Waals surface area contributed by atoms with Crippen molar-refractivity contribution in [2.75, 3.05) is 0 Å². The Labute approximate surface area is 217 Å². The van der Waals surface area contributed by atoms with Crippen molar-refractivity contribution in [2.24, 2.45) is 5.92 Å². The van der Waals surface area contributed by atoms with Gasteiger partial charge in [-0.3, -0.25) is 9.59 Å². The molecule has 0 aliphatic heterocycles. The minimum absolute atomic E-state index is 0.0379. The number of ether oxygens (including phenoxy) is 1. The molecule has 1 rings (SSSR count). The third kappa shape index (κ3) is 8.71. The van der Waals surface area contributed by atoms with Gasteiger partial charge in [0, 0.05) is 17.1 Å². The van der Waals surface area contributed by atoms with Gasteiger partial charge >= 0.3 is 6.09 Å². The van der Waals surface area contributed by atoms with Crippen molar-refractivity contribution >= 4 is 17.9 Å². The van der Waals surface area contributed by atoms with Crippen LogP contribution in [-0.2, 0) is 14.3 Å². The summed E-state index contributed by atoms with van der Waals surface area (Å²) < 4.78 is 5.40. The molecule has 204 valence electrons. The third-order valence-corrected chi connectivity index (χ3v) is 5.75. The average molecular weight is 506 g/mol. The van der Waals surface area contributed by atoms with Gasteiger partial charge in [0.2, 0.25) is 11.8 Å². The maximum absolute atomic E-state index is 14.2. The number of phenolic OH excluding ortho intramolecular Hbond substituents is 1. The quantitative estimate of drug-likeness (QED) is 0.426. The summed E-state index contributed by atoms with van der Waals surface area (Å²) >= 11 is 0. The van der Waals surface area contributed by atoms with E-state index in [4.69, 9.17) is 4.74 Å². The predicted octanol–water partition coefficient (Wildman–Crippen LogP) is 5.22. The van der Waals surface area contributed by atoms with Crippen molar-refractivity contribution in [3.05, 3.63) is 29.3 Å². The summed E-state index contributed by atoms with van der Waals surface area (Å²) in [6.07, 6.45) is 0.953. The van der Waals surface area contributed by atoms with Crippen molar-refractivity contribution in [3.8, 4) is 5.75 Å². The SMILES string of the molecule is CCCC(C)NC(=O)C(c1cccc(C)c1O)N(C(=O)C(NC(=O)OC(C)(C)C)C(C)C)C(C)(C)C. The van der Waals surface area contributed by atoms with E-state index >= 15 is 0 Å². The van der Waals surface area contributed by atoms with Gasteiger partial charge in [0.1, 0.15) is 23.4 Å². The van der Waals surface area contributed by atoms with Crippen LogP contribution in [0.15, 0.2) is 18.2 Å². The first kappa shape index (κ1) is 31.3. The molecule has 3 unspecified atom stereocenters. The highest BCUT2D eigenvalue weighted by Crippen LogP contribution is 2.36. The molecule has 0 aliphatic rings. The molecular formula is C28H47N3O5. The third-order valence-electron chi connectivity index (χ3n) is 5.75. The zero-order valence-electron chi connectivity index (χ0n) is 24.0. The van der Waals surface area contributed by atoms with Gasteiger partial charge in [0.05, 0.1) is 0 Å². The number of phenols is 1. The Balaban J connectivity index is 3.64. The monoisotopic (exact) mass is 505 g/mol. The van der Waals surface area contributed by atoms with Crippen LogP contribution in [0.5, 0.6) is 5.75 Å². The molecule has 0 saturated carbocycles. The standard InChI is InChI=1S/C28H47N3O5/c1-12-14-19(5)29-24(33)22(20-16-13-15-18(4)23(20)32)31(27(6,7)8)25(34)21(17(2)3)30-26(35)36-28(9,10)11/h13,15-17,19,21-22,32H,12,14H2,1-11H3,(H,29,33)(H,30,35). The molecule has 36 heavy (non-hydrogen) atoms. The van der Waals surface area contributed by atoms with Crippen LogP contribution in [0.1, 0.15) is 99.2 Å². The van der Waals surface area contributed by atoms with E-state index in [1.165, 1.54) is 4.90 Å². The van der Waals surface area contributed by atoms with Crippen LogP contribution in [0.4, 0.5) is 4.79 Å². The summed E-state index contributed by atoms with van der Waals surface area (Å²) in [6, 6.07) is 2.99. The van der Waals surface area contributed by atoms with Crippen LogP contribution >= 0.6 is 0 Å². The minimum Gasteiger partial charge on any atom is -0.507 e. The maximum atomic E-state index is 14.2. The van der Waals surface area contributed by atoms with E-state index in [1.54, 1.807) is 45.9 Å². The zero-order chi connectivity index (χ0) is 28.0. The van der Waals surface area contributed by atoms with Gasteiger partial charge in [-0.25, -0.2) is 4.79 Å². The lowest BCUT2D eigenvalue weighted by Crippen LogP contribution is -2.60. The maximum Gasteiger partial charge on any atom is 0.408 e. The molecule has 0 spiro atoms. The number of hydrogen-bond donors (Lipinski definition) is 3. The Hall–Kier alpha value is -2.77. The molecule has 0 fully saturated rings. The molecule has 0 aliphatic carbocycles. The van der Waals surface area contributed by atoms with E-state index in [1.807, 2.05) is 48.5 Å². The van der Waals surface area contributed by atoms with Gasteiger partial charge in [-0.05, 0) is 73.3 Å². The first-order valence-corrected chi connectivity index (χ1v) is 12.8. The lowest BCUT2D eigenvalue weighted by atomic mass is 9.92. The zero-order valence-corrected chi connectivity index (χ0v) is 24.0. The van der Waals surface area contributed by atoms with Crippen LogP contribution < -0.4 is 10.6 Å². The Morgan fingerprint density at radius 3 is 2.08 bits per heavy atom. The topological polar surface area (TPSA) is 108 Å². The number of carbonyl (C=O) groups is 3. The number of amides is 3. The molecule has 3 atom stereocenters. The summed E-state index contributed by atoms with van der Waals surface area (Å²) in [5, 5.41) is 16.7. The van der Waals surface area contributed by atoms with Crippen LogP contribution in [0, 0.1) is 12.8 Å². The molecule has 1 aromatic rings. The summed E-state index contributed by atoms with van der Waals surface area (Å²) in [4.78, 5) is 42.0. The number of aryl methyl sites for hydroxylation is 1. The van der Waals surface area contributed by atoms with Crippen molar-refractivity contribution < 1.29 is 24.2 Å². The van der Waals surface area contributed by atoms with Crippen LogP contribution in [0.25, 0.3) is 0 Å². The van der Waals surface area contributed by atoms with E-state index in [0.717, 1.165) is 12.8 Å². The number of para-hydroxylation sites is 1. The number of nitrogens with one attached hydrogen (secondary N) is 2. The van der Waals surface area contributed by atoms with Crippen LogP contribution in [0.3, 0.4) is 0 Å². The minimum atomic E-state index is -1.11. The van der Waals surface area contributed by atoms with E-state index in [-0.39, 0.29) is 23.6 Å². The average Bonchev–Trinajstić information content (AvgIpc) is 2.69. The molecular weight excluding hydrogens is 458 g/mol. The Bertz CT molecular complexity index is 915. The van der Waals surface area contributed by atoms with Gasteiger partial charge in [-0.1, -0.05) is 45.4 Å². The summed E-state index contributed by atoms with van der Waals surface area (Å²) in [7, 11) is 0. The Kier molecular flexibility index (Phi) is 10.8. The second kappa shape index (κ2) is 12.5. The lowest BCUT2D eigenvalue weighted by Gasteiger charge is -2.44. The molecule has 1 aromatic carbocycles. The van der Waals surface area contributed by atoms with Crippen molar-refractivity contribution in [1.82, 2.24) is 15.5 Å². The number of hydrogen-bond acceptors (Lipinski definition) is 5. The summed E-state index contributed by atoms with van der Waals surface area (Å²) in [6.45, 7) is 20.1. The van der Waals surface area contributed by atoms with Gasteiger partial charge in [0.25, 0.3) is 0 Å². The Morgan fingerprint density at radius 2 is 1.61 bits per heavy atom. The highest BCUT2D eigenvalue weighted by atomic mass is 16.6. The smallest absolute Gasteiger partial charge is 0.408 e. The highest BCUT2D eigenvalue weighted by Gasteiger charge is 2.43. The summed E-state index contributed by atoms with van der Waals surface area (Å²) in [5.41, 5.74) is -0.630. The lowest BCUT2D eigenvalue weighted by molar-refractivity contribution is -0.149. The van der Waals surface area contributed by atoms with E-state index < -0.39 is 35.2 Å². The number of rotatable bonds is 9. The fraction of sp³-hybridized carbons (Fsp3) is 0.679. The second-order valence-corrected chi connectivity index (χ2v) is 11.9. The molecule has 0 aromatic heterocycles. The number of carbonyl (C=O) groups excluding carboxylic acids is 3. The number of alkyl carbamates (subject to hydrolysis) is 1. The highest BCUT2D eigenvalue weighted by molar-refractivity contribution is 5.93. The number of aromatic hydroxyl groups is 1. The number of benzene rings is 1. The Morgan fingerprint density at radius 1 is 1.03 bits per heavy atom. The summed E-state index contributed by atoms with van der Waals surface area (Å²) in [5.74, 6) is -1.15. The fourth-order valence-corrected chi connectivity index (χ4v) is 4.07. The first-order valence-electron chi connectivity index (χ1n) is 12.8. The second-order valence-electron chi connectivity index (χ2n) is 11.9. The molecule has 0 radical (unpaired) electrons. The van der Waals surface area contributed by atoms with E-state index in [0.29, 0.717) is 11.1 Å². The van der Waals surface area contributed by atoms with E-state index in [2.05, 4.69) is 10.6 Å². The molecule has 8 nitrogen and oxygen atoms in total. The van der Waals surface area contributed by atoms with Crippen molar-refractivity contribution in [3.63, 3.8) is 0 Å². The van der Waals surface area contributed by atoms with Gasteiger partial charge in [-0.2, -0.15) is 0 Å². The molecule has 0 saturated heterocycles. The normalized spacial score (nSPS) is 14.6. The van der Waals surface area contributed by atoms with Crippen molar-refractivity contribution in [2.45, 2.75) is 118 Å². The molecule has 0 bridgehead atoms. The fourth-order valence-electron chi connectivity index (χ4n) is 4.07. The van der Waals surface area contributed by atoms with Crippen LogP contribution in [0.2, 0.25) is 0 Å². The van der Waals surface area contributed by atoms with Crippen LogP contribution in [-0.4, -0.2) is 51.1 Å². The predicted molar refractivity (Wildman–Crippen MR) is 143 cm³/mol. The van der Waals surface area contributed by atoms with Crippen molar-refractivity contribution in [1.29, 1.82) is 0 Å². The molecule has 0 heterocycles. The van der Waals surface area contributed by atoms with E-state index in [9.17, 15) is 19.5 Å². The number of nitrogens with zero attached hydrogens (tertiary/aromatic N) is 1. The van der Waals surface area contributed by atoms with Gasteiger partial charge in [-0.15, -0.1) is 0 Å².